The predicted octanol–water partition coefficient (Wildman–Crippen LogP) is 1.17. The number of carbonyl (C=O) groups excluding carboxylic acids is 2. The number of benzene rings is 1. The van der Waals surface area contributed by atoms with Crippen LogP contribution in [-0.2, 0) is 9.59 Å². The average molecular weight is 228 g/mol. The number of amides is 2. The van der Waals surface area contributed by atoms with Gasteiger partial charge in [-0.1, -0.05) is 12.1 Å². The summed E-state index contributed by atoms with van der Waals surface area (Å²) >= 11 is 5.76. The number of alkyl halides is 1. The molecule has 0 spiro atoms. The van der Waals surface area contributed by atoms with E-state index in [-0.39, 0.29) is 0 Å². The fourth-order valence-corrected chi connectivity index (χ4v) is 1.89. The van der Waals surface area contributed by atoms with Crippen LogP contribution < -0.4 is 5.32 Å². The van der Waals surface area contributed by atoms with Crippen molar-refractivity contribution in [3.8, 4) is 0 Å². The second-order valence-electron chi connectivity index (χ2n) is 3.29. The van der Waals surface area contributed by atoms with E-state index < -0.39 is 28.9 Å². The third-order valence-electron chi connectivity index (χ3n) is 2.28. The highest BCUT2D eigenvalue weighted by Crippen LogP contribution is 2.28. The molecule has 2 rings (SSSR count). The van der Waals surface area contributed by atoms with Crippen molar-refractivity contribution in [3.05, 3.63) is 35.6 Å². The van der Waals surface area contributed by atoms with Crippen molar-refractivity contribution in [2.45, 2.75) is 11.3 Å². The summed E-state index contributed by atoms with van der Waals surface area (Å²) in [5.41, 5.74) is 0.415. The molecule has 1 aliphatic heterocycles. The smallest absolute Gasteiger partial charge is 0.245 e. The summed E-state index contributed by atoms with van der Waals surface area (Å²) < 4.78 is 12.9. The molecule has 1 aromatic carbocycles. The van der Waals surface area contributed by atoms with Gasteiger partial charge >= 0.3 is 0 Å². The van der Waals surface area contributed by atoms with Gasteiger partial charge in [-0.2, -0.15) is 0 Å². The minimum atomic E-state index is -0.959. The van der Waals surface area contributed by atoms with Crippen LogP contribution >= 0.6 is 11.6 Å². The average Bonchev–Trinajstić information content (AvgIpc) is 2.41. The van der Waals surface area contributed by atoms with E-state index in [1.54, 1.807) is 6.07 Å². The number of halogens is 2. The van der Waals surface area contributed by atoms with Gasteiger partial charge in [0.05, 0.1) is 5.92 Å². The van der Waals surface area contributed by atoms with Gasteiger partial charge in [-0.3, -0.25) is 14.9 Å². The van der Waals surface area contributed by atoms with Gasteiger partial charge in [0, 0.05) is 0 Å². The van der Waals surface area contributed by atoms with Gasteiger partial charge in [0.25, 0.3) is 0 Å². The SMILES string of the molecule is O=C1NC(=O)C(c2cccc(F)c2)C1Cl. The van der Waals surface area contributed by atoms with E-state index in [1.165, 1.54) is 18.2 Å². The standard InChI is InChI=1S/C10H7ClFNO2/c11-8-7(9(14)13-10(8)15)5-2-1-3-6(12)4-5/h1-4,7-8H,(H,13,14,15). The summed E-state index contributed by atoms with van der Waals surface area (Å²) in [6.45, 7) is 0. The van der Waals surface area contributed by atoms with Crippen molar-refractivity contribution in [2.24, 2.45) is 0 Å². The fraction of sp³-hybridized carbons (Fsp3) is 0.200. The topological polar surface area (TPSA) is 46.2 Å². The lowest BCUT2D eigenvalue weighted by Crippen LogP contribution is -2.22. The maximum atomic E-state index is 12.9. The van der Waals surface area contributed by atoms with E-state index >= 15 is 0 Å². The molecular weight excluding hydrogens is 221 g/mol. The highest BCUT2D eigenvalue weighted by atomic mass is 35.5. The summed E-state index contributed by atoms with van der Waals surface area (Å²) in [4.78, 5) is 22.5. The van der Waals surface area contributed by atoms with Crippen LogP contribution in [0, 0.1) is 5.82 Å². The molecule has 2 atom stereocenters. The third-order valence-corrected chi connectivity index (χ3v) is 2.73. The monoisotopic (exact) mass is 227 g/mol. The number of hydrogen-bond donors (Lipinski definition) is 1. The number of imide groups is 1. The van der Waals surface area contributed by atoms with E-state index in [9.17, 15) is 14.0 Å². The Labute approximate surface area is 90.2 Å². The summed E-state index contributed by atoms with van der Waals surface area (Å²) in [7, 11) is 0. The number of hydrogen-bond acceptors (Lipinski definition) is 2. The normalized spacial score (nSPS) is 25.5. The summed E-state index contributed by atoms with van der Waals surface area (Å²) in [5, 5.41) is 1.14. The van der Waals surface area contributed by atoms with Crippen molar-refractivity contribution >= 4 is 23.4 Å². The summed E-state index contributed by atoms with van der Waals surface area (Å²) in [6, 6.07) is 5.52. The lowest BCUT2D eigenvalue weighted by molar-refractivity contribution is -0.125. The summed E-state index contributed by atoms with van der Waals surface area (Å²) in [6.07, 6.45) is 0. The third kappa shape index (κ3) is 1.72. The van der Waals surface area contributed by atoms with E-state index in [4.69, 9.17) is 11.6 Å². The molecule has 15 heavy (non-hydrogen) atoms. The first-order valence-corrected chi connectivity index (χ1v) is 4.77. The molecule has 1 N–H and O–H groups in total. The summed E-state index contributed by atoms with van der Waals surface area (Å²) in [5.74, 6) is -2.26. The molecule has 3 nitrogen and oxygen atoms in total. The van der Waals surface area contributed by atoms with Gasteiger partial charge in [0.15, 0.2) is 0 Å². The van der Waals surface area contributed by atoms with Gasteiger partial charge in [0.1, 0.15) is 11.2 Å². The Kier molecular flexibility index (Phi) is 2.44. The van der Waals surface area contributed by atoms with Crippen LogP contribution in [0.15, 0.2) is 24.3 Å². The Bertz CT molecular complexity index is 435. The van der Waals surface area contributed by atoms with Crippen LogP contribution in [0.3, 0.4) is 0 Å². The van der Waals surface area contributed by atoms with Crippen LogP contribution in [0.4, 0.5) is 4.39 Å². The zero-order valence-electron chi connectivity index (χ0n) is 7.54. The van der Waals surface area contributed by atoms with Crippen LogP contribution in [0.2, 0.25) is 0 Å². The van der Waals surface area contributed by atoms with Gasteiger partial charge in [0.2, 0.25) is 11.8 Å². The highest BCUT2D eigenvalue weighted by Gasteiger charge is 2.41. The molecule has 0 aliphatic carbocycles. The molecule has 78 valence electrons. The molecule has 1 heterocycles. The maximum Gasteiger partial charge on any atom is 0.245 e. The van der Waals surface area contributed by atoms with Crippen molar-refractivity contribution < 1.29 is 14.0 Å². The first-order chi connectivity index (χ1) is 7.09. The van der Waals surface area contributed by atoms with Crippen LogP contribution in [0.25, 0.3) is 0 Å². The zero-order chi connectivity index (χ0) is 11.0. The molecule has 5 heteroatoms. The molecular formula is C10H7ClFNO2. The van der Waals surface area contributed by atoms with Gasteiger partial charge in [-0.25, -0.2) is 4.39 Å². The van der Waals surface area contributed by atoms with Crippen LogP contribution in [-0.4, -0.2) is 17.2 Å². The first-order valence-electron chi connectivity index (χ1n) is 4.34. The molecule has 1 aliphatic rings. The maximum absolute atomic E-state index is 12.9. The molecule has 1 aromatic rings. The molecule has 0 bridgehead atoms. The van der Waals surface area contributed by atoms with Crippen molar-refractivity contribution in [2.75, 3.05) is 0 Å². The van der Waals surface area contributed by atoms with Crippen molar-refractivity contribution in [3.63, 3.8) is 0 Å². The molecule has 1 saturated heterocycles. The lowest BCUT2D eigenvalue weighted by atomic mass is 9.97. The minimum absolute atomic E-state index is 0.415. The second-order valence-corrected chi connectivity index (χ2v) is 3.76. The largest absolute Gasteiger partial charge is 0.295 e. The molecule has 0 aromatic heterocycles. The Hall–Kier alpha value is -1.42. The number of nitrogens with one attached hydrogen (secondary N) is 1. The van der Waals surface area contributed by atoms with E-state index in [1.807, 2.05) is 0 Å². The van der Waals surface area contributed by atoms with E-state index in [0.717, 1.165) is 0 Å². The molecule has 2 amide bonds. The van der Waals surface area contributed by atoms with Crippen LogP contribution in [0.5, 0.6) is 0 Å². The fourth-order valence-electron chi connectivity index (χ4n) is 1.57. The van der Waals surface area contributed by atoms with Gasteiger partial charge in [-0.05, 0) is 17.7 Å². The molecule has 0 saturated carbocycles. The molecule has 0 radical (unpaired) electrons. The van der Waals surface area contributed by atoms with Crippen molar-refractivity contribution in [1.29, 1.82) is 0 Å². The first kappa shape index (κ1) is 10.1. The second kappa shape index (κ2) is 3.62. The Balaban J connectivity index is 2.39. The lowest BCUT2D eigenvalue weighted by Gasteiger charge is -2.09. The molecule has 2 unspecified atom stereocenters. The number of rotatable bonds is 1. The Morgan fingerprint density at radius 3 is 2.53 bits per heavy atom. The highest BCUT2D eigenvalue weighted by molar-refractivity contribution is 6.37. The van der Waals surface area contributed by atoms with Crippen molar-refractivity contribution in [1.82, 2.24) is 5.32 Å². The van der Waals surface area contributed by atoms with Crippen LogP contribution in [0.1, 0.15) is 11.5 Å². The van der Waals surface area contributed by atoms with E-state index in [0.29, 0.717) is 5.56 Å². The number of carbonyl (C=O) groups is 2. The molecule has 1 fully saturated rings. The Morgan fingerprint density at radius 1 is 1.27 bits per heavy atom. The Morgan fingerprint density at radius 2 is 2.00 bits per heavy atom. The van der Waals surface area contributed by atoms with Gasteiger partial charge < -0.3 is 0 Å². The quantitative estimate of drug-likeness (QED) is 0.578. The minimum Gasteiger partial charge on any atom is -0.295 e. The van der Waals surface area contributed by atoms with E-state index in [2.05, 4.69) is 5.32 Å². The predicted molar refractivity (Wildman–Crippen MR) is 51.9 cm³/mol. The van der Waals surface area contributed by atoms with Gasteiger partial charge in [-0.15, -0.1) is 11.6 Å². The zero-order valence-corrected chi connectivity index (χ0v) is 8.29.